The smallest absolute Gasteiger partial charge is 0.0476 e. The first-order valence-electron chi connectivity index (χ1n) is 17.8. The van der Waals surface area contributed by atoms with Gasteiger partial charge in [-0.15, -0.1) is 11.3 Å². The summed E-state index contributed by atoms with van der Waals surface area (Å²) in [7, 11) is 0. The molecule has 0 radical (unpaired) electrons. The highest BCUT2D eigenvalue weighted by Crippen LogP contribution is 2.46. The number of benzene rings is 9. The van der Waals surface area contributed by atoms with E-state index in [4.69, 9.17) is 0 Å². The number of anilines is 3. The molecule has 1 nitrogen and oxygen atoms in total. The van der Waals surface area contributed by atoms with E-state index in [1.807, 2.05) is 11.3 Å². The summed E-state index contributed by atoms with van der Waals surface area (Å²) in [6, 6.07) is 72.7. The number of hydrogen-bond acceptors (Lipinski definition) is 2. The predicted octanol–water partition coefficient (Wildman–Crippen LogP) is 14.8. The number of thiophene rings is 1. The van der Waals surface area contributed by atoms with E-state index >= 15 is 0 Å². The lowest BCUT2D eigenvalue weighted by atomic mass is 9.92. The molecule has 52 heavy (non-hydrogen) atoms. The maximum atomic E-state index is 2.43. The van der Waals surface area contributed by atoms with E-state index < -0.39 is 0 Å². The first-order chi connectivity index (χ1) is 25.8. The molecule has 0 bridgehead atoms. The SMILES string of the molecule is c1ccc(-c2ccc(-c3ccc(N(c4ccccc4)c4ccc5c(c4)sc4c6ccccc6c(-c6cccc7ccccc67)cc54)cc3)cc2)cc1. The minimum Gasteiger partial charge on any atom is -0.310 e. The van der Waals surface area contributed by atoms with Gasteiger partial charge in [0.15, 0.2) is 0 Å². The van der Waals surface area contributed by atoms with Gasteiger partial charge < -0.3 is 4.90 Å². The van der Waals surface area contributed by atoms with Gasteiger partial charge in [-0.05, 0) is 92.0 Å². The second-order valence-electron chi connectivity index (χ2n) is 13.3. The predicted molar refractivity (Wildman–Crippen MR) is 225 cm³/mol. The maximum absolute atomic E-state index is 2.43. The largest absolute Gasteiger partial charge is 0.310 e. The Morgan fingerprint density at radius 2 is 0.846 bits per heavy atom. The van der Waals surface area contributed by atoms with Crippen LogP contribution < -0.4 is 4.90 Å². The Morgan fingerprint density at radius 3 is 1.58 bits per heavy atom. The number of nitrogens with zero attached hydrogens (tertiary/aromatic N) is 1. The van der Waals surface area contributed by atoms with Gasteiger partial charge >= 0.3 is 0 Å². The normalized spacial score (nSPS) is 11.5. The summed E-state index contributed by atoms with van der Waals surface area (Å²) in [5, 5.41) is 7.74. The molecule has 0 saturated heterocycles. The van der Waals surface area contributed by atoms with E-state index in [-0.39, 0.29) is 0 Å². The first kappa shape index (κ1) is 30.4. The molecule has 1 aromatic heterocycles. The second kappa shape index (κ2) is 12.7. The van der Waals surface area contributed by atoms with Gasteiger partial charge in [-0.3, -0.25) is 0 Å². The molecular formula is C50H33NS. The molecule has 0 fully saturated rings. The lowest BCUT2D eigenvalue weighted by Gasteiger charge is -2.25. The molecule has 0 aliphatic rings. The van der Waals surface area contributed by atoms with E-state index in [1.165, 1.54) is 75.1 Å². The van der Waals surface area contributed by atoms with Crippen LogP contribution in [0.4, 0.5) is 17.1 Å². The highest BCUT2D eigenvalue weighted by molar-refractivity contribution is 7.26. The first-order valence-corrected chi connectivity index (χ1v) is 18.6. The molecule has 2 heteroatoms. The molecule has 1 heterocycles. The molecule has 0 atom stereocenters. The number of fused-ring (bicyclic) bond motifs is 6. The number of hydrogen-bond donors (Lipinski definition) is 0. The Labute approximate surface area is 307 Å². The van der Waals surface area contributed by atoms with E-state index in [9.17, 15) is 0 Å². The van der Waals surface area contributed by atoms with Crippen molar-refractivity contribution in [3.63, 3.8) is 0 Å². The minimum atomic E-state index is 1.13. The monoisotopic (exact) mass is 679 g/mol. The van der Waals surface area contributed by atoms with Crippen molar-refractivity contribution in [2.75, 3.05) is 4.90 Å². The van der Waals surface area contributed by atoms with Gasteiger partial charge in [-0.2, -0.15) is 0 Å². The van der Waals surface area contributed by atoms with Crippen molar-refractivity contribution in [3.05, 3.63) is 200 Å². The Balaban J connectivity index is 1.07. The van der Waals surface area contributed by atoms with Crippen LogP contribution in [0.25, 0.3) is 75.1 Å². The summed E-state index contributed by atoms with van der Waals surface area (Å²) < 4.78 is 2.62. The van der Waals surface area contributed by atoms with Crippen LogP contribution >= 0.6 is 11.3 Å². The third kappa shape index (κ3) is 5.24. The molecule has 10 rings (SSSR count). The van der Waals surface area contributed by atoms with Crippen LogP contribution in [0, 0.1) is 0 Å². The summed E-state index contributed by atoms with van der Waals surface area (Å²) >= 11 is 1.89. The van der Waals surface area contributed by atoms with Crippen LogP contribution in [0.5, 0.6) is 0 Å². The minimum absolute atomic E-state index is 1.13. The van der Waals surface area contributed by atoms with Gasteiger partial charge in [0.05, 0.1) is 0 Å². The molecule has 0 saturated carbocycles. The zero-order valence-electron chi connectivity index (χ0n) is 28.4. The van der Waals surface area contributed by atoms with Gasteiger partial charge in [0.2, 0.25) is 0 Å². The summed E-state index contributed by atoms with van der Waals surface area (Å²) in [6.45, 7) is 0. The molecule has 9 aromatic carbocycles. The summed E-state index contributed by atoms with van der Waals surface area (Å²) in [6.07, 6.45) is 0. The highest BCUT2D eigenvalue weighted by atomic mass is 32.1. The summed E-state index contributed by atoms with van der Waals surface area (Å²) in [4.78, 5) is 2.37. The fourth-order valence-electron chi connectivity index (χ4n) is 7.72. The molecule has 0 N–H and O–H groups in total. The molecular weight excluding hydrogens is 647 g/mol. The Hall–Kier alpha value is -6.48. The zero-order valence-corrected chi connectivity index (χ0v) is 29.2. The lowest BCUT2D eigenvalue weighted by Crippen LogP contribution is -2.09. The van der Waals surface area contributed by atoms with Crippen LogP contribution in [0.15, 0.2) is 200 Å². The molecule has 0 aliphatic heterocycles. The Morgan fingerprint density at radius 1 is 0.308 bits per heavy atom. The average Bonchev–Trinajstić information content (AvgIpc) is 3.60. The van der Waals surface area contributed by atoms with Crippen LogP contribution in [0.1, 0.15) is 0 Å². The lowest BCUT2D eigenvalue weighted by molar-refractivity contribution is 1.29. The van der Waals surface area contributed by atoms with E-state index in [2.05, 4.69) is 205 Å². The van der Waals surface area contributed by atoms with Crippen LogP contribution in [-0.4, -0.2) is 0 Å². The van der Waals surface area contributed by atoms with Crippen molar-refractivity contribution >= 4 is 70.1 Å². The molecule has 244 valence electrons. The number of para-hydroxylation sites is 1. The third-order valence-corrected chi connectivity index (χ3v) is 11.5. The topological polar surface area (TPSA) is 3.24 Å². The van der Waals surface area contributed by atoms with Gasteiger partial charge in [0.1, 0.15) is 0 Å². The molecule has 0 aliphatic carbocycles. The number of rotatable bonds is 6. The van der Waals surface area contributed by atoms with Gasteiger partial charge in [-0.1, -0.05) is 158 Å². The molecule has 0 spiro atoms. The van der Waals surface area contributed by atoms with Gasteiger partial charge in [-0.25, -0.2) is 0 Å². The van der Waals surface area contributed by atoms with Gasteiger partial charge in [0, 0.05) is 42.6 Å². The van der Waals surface area contributed by atoms with Crippen LogP contribution in [0.2, 0.25) is 0 Å². The fourth-order valence-corrected chi connectivity index (χ4v) is 8.98. The van der Waals surface area contributed by atoms with E-state index in [0.29, 0.717) is 0 Å². The quantitative estimate of drug-likeness (QED) is 0.169. The van der Waals surface area contributed by atoms with E-state index in [0.717, 1.165) is 17.1 Å². The molecule has 0 unspecified atom stereocenters. The maximum Gasteiger partial charge on any atom is 0.0476 e. The standard InChI is InChI=1S/C50H33NS/c1-3-12-34(13-4-1)35-22-24-36(25-23-35)37-26-28-40(29-27-37)51(39-16-5-2-6-17-39)41-30-31-45-48-33-47(43-21-11-15-38-14-7-8-18-42(38)43)44-19-9-10-20-46(44)50(48)52-49(45)32-41/h1-33H. The van der Waals surface area contributed by atoms with Crippen molar-refractivity contribution in [2.24, 2.45) is 0 Å². The van der Waals surface area contributed by atoms with Crippen molar-refractivity contribution < 1.29 is 0 Å². The van der Waals surface area contributed by atoms with Gasteiger partial charge in [0.25, 0.3) is 0 Å². The highest BCUT2D eigenvalue weighted by Gasteiger charge is 2.18. The Kier molecular flexibility index (Phi) is 7.41. The van der Waals surface area contributed by atoms with Crippen molar-refractivity contribution in [1.82, 2.24) is 0 Å². The molecule has 0 amide bonds. The zero-order chi connectivity index (χ0) is 34.4. The average molecular weight is 680 g/mol. The van der Waals surface area contributed by atoms with Crippen molar-refractivity contribution in [1.29, 1.82) is 0 Å². The van der Waals surface area contributed by atoms with Crippen LogP contribution in [0.3, 0.4) is 0 Å². The Bertz CT molecular complexity index is 2870. The van der Waals surface area contributed by atoms with Crippen molar-refractivity contribution in [3.8, 4) is 33.4 Å². The second-order valence-corrected chi connectivity index (χ2v) is 14.4. The van der Waals surface area contributed by atoms with Crippen molar-refractivity contribution in [2.45, 2.75) is 0 Å². The third-order valence-electron chi connectivity index (χ3n) is 10.3. The van der Waals surface area contributed by atoms with E-state index in [1.54, 1.807) is 0 Å². The fraction of sp³-hybridized carbons (Fsp3) is 0. The summed E-state index contributed by atoms with van der Waals surface area (Å²) in [5.74, 6) is 0. The molecule has 10 aromatic rings. The van der Waals surface area contributed by atoms with Crippen LogP contribution in [-0.2, 0) is 0 Å². The summed E-state index contributed by atoms with van der Waals surface area (Å²) in [5.41, 5.74) is 10.8.